The van der Waals surface area contributed by atoms with Crippen molar-refractivity contribution in [2.45, 2.75) is 13.3 Å². The zero-order valence-corrected chi connectivity index (χ0v) is 11.6. The van der Waals surface area contributed by atoms with Gasteiger partial charge in [0, 0.05) is 6.54 Å². The van der Waals surface area contributed by atoms with Crippen molar-refractivity contribution >= 4 is 5.97 Å². The fourth-order valence-electron chi connectivity index (χ4n) is 1.66. The summed E-state index contributed by atoms with van der Waals surface area (Å²) in [5, 5.41) is 0. The molecule has 0 aromatic heterocycles. The molecule has 5 nitrogen and oxygen atoms in total. The molecule has 0 saturated heterocycles. The third kappa shape index (κ3) is 3.86. The van der Waals surface area contributed by atoms with Gasteiger partial charge in [-0.2, -0.15) is 0 Å². The summed E-state index contributed by atoms with van der Waals surface area (Å²) in [7, 11) is 2.94. The standard InChI is InChI=1S/C14H21NO4/c1-14(10-15,13(16)18-3)8-9-19-12-7-5-4-6-11(12)17-2/h4-7H,8-10,15H2,1-3H3. The van der Waals surface area contributed by atoms with Crippen molar-refractivity contribution in [1.29, 1.82) is 0 Å². The molecule has 19 heavy (non-hydrogen) atoms. The second-order valence-electron chi connectivity index (χ2n) is 4.51. The summed E-state index contributed by atoms with van der Waals surface area (Å²) in [5.41, 5.74) is 4.91. The maximum Gasteiger partial charge on any atom is 0.312 e. The van der Waals surface area contributed by atoms with E-state index in [1.807, 2.05) is 24.3 Å². The third-order valence-corrected chi connectivity index (χ3v) is 3.11. The number of carbonyl (C=O) groups excluding carboxylic acids is 1. The van der Waals surface area contributed by atoms with E-state index in [4.69, 9.17) is 19.9 Å². The monoisotopic (exact) mass is 267 g/mol. The molecule has 5 heteroatoms. The van der Waals surface area contributed by atoms with Gasteiger partial charge in [0.2, 0.25) is 0 Å². The Labute approximate surface area is 113 Å². The summed E-state index contributed by atoms with van der Waals surface area (Å²) >= 11 is 0. The molecule has 1 aromatic carbocycles. The van der Waals surface area contributed by atoms with Gasteiger partial charge in [0.1, 0.15) is 0 Å². The molecule has 1 unspecified atom stereocenters. The Balaban J connectivity index is 2.60. The summed E-state index contributed by atoms with van der Waals surface area (Å²) in [4.78, 5) is 11.6. The SMILES string of the molecule is COC(=O)C(C)(CN)CCOc1ccccc1OC. The van der Waals surface area contributed by atoms with Crippen LogP contribution < -0.4 is 15.2 Å². The van der Waals surface area contributed by atoms with E-state index in [9.17, 15) is 4.79 Å². The van der Waals surface area contributed by atoms with Crippen molar-refractivity contribution in [1.82, 2.24) is 0 Å². The van der Waals surface area contributed by atoms with E-state index >= 15 is 0 Å². The first-order chi connectivity index (χ1) is 9.07. The van der Waals surface area contributed by atoms with Crippen LogP contribution >= 0.6 is 0 Å². The quantitative estimate of drug-likeness (QED) is 0.760. The lowest BCUT2D eigenvalue weighted by Crippen LogP contribution is -2.38. The van der Waals surface area contributed by atoms with Gasteiger partial charge in [0.25, 0.3) is 0 Å². The van der Waals surface area contributed by atoms with Crippen molar-refractivity contribution in [2.75, 3.05) is 27.4 Å². The lowest BCUT2D eigenvalue weighted by Gasteiger charge is -2.24. The van der Waals surface area contributed by atoms with Crippen molar-refractivity contribution in [3.63, 3.8) is 0 Å². The van der Waals surface area contributed by atoms with Crippen molar-refractivity contribution < 1.29 is 19.0 Å². The molecule has 106 valence electrons. The van der Waals surface area contributed by atoms with Gasteiger partial charge in [-0.15, -0.1) is 0 Å². The maximum absolute atomic E-state index is 11.6. The highest BCUT2D eigenvalue weighted by molar-refractivity contribution is 5.76. The van der Waals surface area contributed by atoms with Crippen LogP contribution in [0.15, 0.2) is 24.3 Å². The summed E-state index contributed by atoms with van der Waals surface area (Å²) in [5.74, 6) is 0.989. The molecule has 1 atom stereocenters. The Morgan fingerprint density at radius 3 is 2.42 bits per heavy atom. The molecule has 1 rings (SSSR count). The van der Waals surface area contributed by atoms with Gasteiger partial charge in [-0.3, -0.25) is 4.79 Å². The van der Waals surface area contributed by atoms with Gasteiger partial charge in [-0.1, -0.05) is 12.1 Å². The highest BCUT2D eigenvalue weighted by Crippen LogP contribution is 2.27. The fraction of sp³-hybridized carbons (Fsp3) is 0.500. The average Bonchev–Trinajstić information content (AvgIpc) is 2.46. The fourth-order valence-corrected chi connectivity index (χ4v) is 1.66. The second-order valence-corrected chi connectivity index (χ2v) is 4.51. The van der Waals surface area contributed by atoms with Gasteiger partial charge in [0.15, 0.2) is 11.5 Å². The van der Waals surface area contributed by atoms with Gasteiger partial charge in [0.05, 0.1) is 26.2 Å². The summed E-state index contributed by atoms with van der Waals surface area (Å²) in [6.45, 7) is 2.35. The van der Waals surface area contributed by atoms with Crippen LogP contribution in [0.4, 0.5) is 0 Å². The van der Waals surface area contributed by atoms with Crippen LogP contribution in [0.2, 0.25) is 0 Å². The maximum atomic E-state index is 11.6. The van der Waals surface area contributed by atoms with Gasteiger partial charge in [-0.05, 0) is 25.5 Å². The van der Waals surface area contributed by atoms with Crippen LogP contribution in [-0.4, -0.2) is 33.3 Å². The highest BCUT2D eigenvalue weighted by Gasteiger charge is 2.32. The summed E-state index contributed by atoms with van der Waals surface area (Å²) < 4.78 is 15.6. The zero-order valence-electron chi connectivity index (χ0n) is 11.6. The smallest absolute Gasteiger partial charge is 0.312 e. The van der Waals surface area contributed by atoms with E-state index in [1.54, 1.807) is 14.0 Å². The number of hydrogen-bond donors (Lipinski definition) is 1. The molecule has 0 fully saturated rings. The summed E-state index contributed by atoms with van der Waals surface area (Å²) in [6.07, 6.45) is 0.480. The average molecular weight is 267 g/mol. The lowest BCUT2D eigenvalue weighted by atomic mass is 9.87. The van der Waals surface area contributed by atoms with Gasteiger partial charge < -0.3 is 19.9 Å². The Morgan fingerprint density at radius 1 is 1.26 bits per heavy atom. The minimum absolute atomic E-state index is 0.217. The molecule has 0 aliphatic rings. The van der Waals surface area contributed by atoms with Crippen LogP contribution in [0.5, 0.6) is 11.5 Å². The Bertz CT molecular complexity index is 422. The predicted octanol–water partition coefficient (Wildman–Crippen LogP) is 1.60. The molecule has 0 aliphatic carbocycles. The Kier molecular flexibility index (Phi) is 5.63. The van der Waals surface area contributed by atoms with Crippen LogP contribution in [0, 0.1) is 5.41 Å². The first-order valence-corrected chi connectivity index (χ1v) is 6.11. The van der Waals surface area contributed by atoms with Crippen LogP contribution in [0.3, 0.4) is 0 Å². The number of methoxy groups -OCH3 is 2. The molecule has 0 radical (unpaired) electrons. The van der Waals surface area contributed by atoms with Crippen molar-refractivity contribution in [3.05, 3.63) is 24.3 Å². The van der Waals surface area contributed by atoms with E-state index < -0.39 is 5.41 Å². The van der Waals surface area contributed by atoms with Crippen LogP contribution in [0.1, 0.15) is 13.3 Å². The molecule has 0 spiro atoms. The number of carbonyl (C=O) groups is 1. The molecule has 0 aliphatic heterocycles. The molecule has 0 heterocycles. The molecule has 1 aromatic rings. The Morgan fingerprint density at radius 2 is 1.89 bits per heavy atom. The van der Waals surface area contributed by atoms with Crippen LogP contribution in [-0.2, 0) is 9.53 Å². The summed E-state index contributed by atoms with van der Waals surface area (Å²) in [6, 6.07) is 7.36. The normalized spacial score (nSPS) is 13.5. The molecular formula is C14H21NO4. The number of benzene rings is 1. The molecule has 0 bridgehead atoms. The first kappa shape index (κ1) is 15.3. The largest absolute Gasteiger partial charge is 0.493 e. The number of hydrogen-bond acceptors (Lipinski definition) is 5. The Hall–Kier alpha value is -1.75. The molecular weight excluding hydrogens is 246 g/mol. The van der Waals surface area contributed by atoms with Crippen molar-refractivity contribution in [3.8, 4) is 11.5 Å². The third-order valence-electron chi connectivity index (χ3n) is 3.11. The molecule has 0 amide bonds. The van der Waals surface area contributed by atoms with Crippen LogP contribution in [0.25, 0.3) is 0 Å². The van der Waals surface area contributed by atoms with E-state index in [2.05, 4.69) is 0 Å². The number of para-hydroxylation sites is 2. The van der Waals surface area contributed by atoms with Gasteiger partial charge in [-0.25, -0.2) is 0 Å². The predicted molar refractivity (Wildman–Crippen MR) is 72.3 cm³/mol. The number of esters is 1. The molecule has 0 saturated carbocycles. The van der Waals surface area contributed by atoms with E-state index in [1.165, 1.54) is 7.11 Å². The number of ether oxygens (including phenoxy) is 3. The number of rotatable bonds is 7. The topological polar surface area (TPSA) is 70.8 Å². The second kappa shape index (κ2) is 6.99. The van der Waals surface area contributed by atoms with E-state index in [0.29, 0.717) is 24.5 Å². The molecule has 2 N–H and O–H groups in total. The zero-order chi connectivity index (χ0) is 14.3. The van der Waals surface area contributed by atoms with Gasteiger partial charge >= 0.3 is 5.97 Å². The minimum atomic E-state index is -0.725. The highest BCUT2D eigenvalue weighted by atomic mass is 16.5. The number of nitrogens with two attached hydrogens (primary N) is 1. The lowest BCUT2D eigenvalue weighted by molar-refractivity contribution is -0.151. The minimum Gasteiger partial charge on any atom is -0.493 e. The van der Waals surface area contributed by atoms with Crippen molar-refractivity contribution in [2.24, 2.45) is 11.1 Å². The first-order valence-electron chi connectivity index (χ1n) is 6.11. The van der Waals surface area contributed by atoms with E-state index in [-0.39, 0.29) is 12.5 Å². The van der Waals surface area contributed by atoms with E-state index in [0.717, 1.165) is 0 Å².